The molecule has 0 amide bonds. The van der Waals surface area contributed by atoms with E-state index >= 15 is 0 Å². The minimum atomic E-state index is 0.0369. The van der Waals surface area contributed by atoms with E-state index in [2.05, 4.69) is 4.37 Å². The summed E-state index contributed by atoms with van der Waals surface area (Å²) in [6.07, 6.45) is 0.904. The van der Waals surface area contributed by atoms with Gasteiger partial charge in [0.05, 0.1) is 22.6 Å². The van der Waals surface area contributed by atoms with Crippen LogP contribution >= 0.6 is 11.5 Å². The van der Waals surface area contributed by atoms with Gasteiger partial charge in [-0.25, -0.2) is 0 Å². The molecule has 0 aliphatic carbocycles. The highest BCUT2D eigenvalue weighted by molar-refractivity contribution is 7.08. The smallest absolute Gasteiger partial charge is 0.180 e. The van der Waals surface area contributed by atoms with Crippen LogP contribution in [0.2, 0.25) is 0 Å². The first-order valence-electron chi connectivity index (χ1n) is 4.77. The number of hydrogen-bond acceptors (Lipinski definition) is 4. The van der Waals surface area contributed by atoms with Gasteiger partial charge in [-0.1, -0.05) is 0 Å². The number of Topliss-reactive ketones (excluding diaryl/α,β-unsaturated/α-hetero) is 1. The van der Waals surface area contributed by atoms with Crippen molar-refractivity contribution in [2.24, 2.45) is 5.92 Å². The molecule has 2 rings (SSSR count). The molecule has 2 heterocycles. The Hall–Kier alpha value is -0.740. The fraction of sp³-hybridized carbons (Fsp3) is 0.600. The number of nitrogens with zero attached hydrogens (tertiary/aromatic N) is 1. The van der Waals surface area contributed by atoms with E-state index in [1.54, 1.807) is 0 Å². The molecule has 1 saturated heterocycles. The molecule has 1 aliphatic rings. The molecule has 0 radical (unpaired) electrons. The average Bonchev–Trinajstić information content (AvgIpc) is 2.73. The minimum absolute atomic E-state index is 0.0369. The van der Waals surface area contributed by atoms with Crippen LogP contribution in [0.25, 0.3) is 0 Å². The summed E-state index contributed by atoms with van der Waals surface area (Å²) in [7, 11) is 0. The lowest BCUT2D eigenvalue weighted by Crippen LogP contribution is -2.20. The van der Waals surface area contributed by atoms with Gasteiger partial charge in [0.25, 0.3) is 0 Å². The number of carbonyl (C=O) groups excluding carboxylic acids is 1. The molecule has 76 valence electrons. The number of rotatable bonds is 2. The van der Waals surface area contributed by atoms with E-state index in [4.69, 9.17) is 4.74 Å². The van der Waals surface area contributed by atoms with Crippen LogP contribution in [0.3, 0.4) is 0 Å². The molecule has 0 aromatic carbocycles. The molecule has 14 heavy (non-hydrogen) atoms. The van der Waals surface area contributed by atoms with Crippen LogP contribution in [0.15, 0.2) is 6.07 Å². The van der Waals surface area contributed by atoms with Gasteiger partial charge in [0.1, 0.15) is 0 Å². The van der Waals surface area contributed by atoms with Crippen molar-refractivity contribution in [1.29, 1.82) is 0 Å². The third-order valence-corrected chi connectivity index (χ3v) is 3.48. The molecule has 0 saturated carbocycles. The molecule has 2 atom stereocenters. The largest absolute Gasteiger partial charge is 0.378 e. The summed E-state index contributed by atoms with van der Waals surface area (Å²) in [6.45, 7) is 4.57. The number of ketones is 1. The summed E-state index contributed by atoms with van der Waals surface area (Å²) in [5.74, 6) is 0.232. The van der Waals surface area contributed by atoms with Gasteiger partial charge in [0.2, 0.25) is 0 Å². The second kappa shape index (κ2) is 3.79. The van der Waals surface area contributed by atoms with Gasteiger partial charge >= 0.3 is 0 Å². The van der Waals surface area contributed by atoms with Crippen LogP contribution in [0.1, 0.15) is 28.7 Å². The standard InChI is InChI=1S/C10H13NO2S/c1-6-5-9(14-11-6)10(12)8-3-4-13-7(8)2/h5,7-8H,3-4H2,1-2H3. The predicted octanol–water partition coefficient (Wildman–Crippen LogP) is 2.06. The van der Waals surface area contributed by atoms with Crippen molar-refractivity contribution in [1.82, 2.24) is 4.37 Å². The van der Waals surface area contributed by atoms with Crippen molar-refractivity contribution >= 4 is 17.3 Å². The van der Waals surface area contributed by atoms with Crippen LogP contribution in [-0.2, 0) is 4.74 Å². The maximum absolute atomic E-state index is 12.0. The fourth-order valence-electron chi connectivity index (χ4n) is 1.74. The quantitative estimate of drug-likeness (QED) is 0.703. The number of aromatic nitrogens is 1. The van der Waals surface area contributed by atoms with E-state index in [0.29, 0.717) is 6.61 Å². The molecule has 0 bridgehead atoms. The Morgan fingerprint density at radius 3 is 3.00 bits per heavy atom. The maximum atomic E-state index is 12.0. The van der Waals surface area contributed by atoms with E-state index in [-0.39, 0.29) is 17.8 Å². The second-order valence-corrected chi connectivity index (χ2v) is 4.47. The second-order valence-electron chi connectivity index (χ2n) is 3.67. The third kappa shape index (κ3) is 1.72. The Balaban J connectivity index is 2.15. The Labute approximate surface area is 87.3 Å². The first kappa shape index (κ1) is 9.80. The first-order chi connectivity index (χ1) is 6.68. The van der Waals surface area contributed by atoms with E-state index in [0.717, 1.165) is 17.0 Å². The molecule has 2 unspecified atom stereocenters. The SMILES string of the molecule is Cc1cc(C(=O)C2CCOC2C)sn1. The summed E-state index contributed by atoms with van der Waals surface area (Å²) in [6, 6.07) is 1.86. The maximum Gasteiger partial charge on any atom is 0.180 e. The molecule has 1 aromatic rings. The lowest BCUT2D eigenvalue weighted by molar-refractivity contribution is 0.0768. The van der Waals surface area contributed by atoms with Crippen molar-refractivity contribution < 1.29 is 9.53 Å². The molecular formula is C10H13NO2S. The first-order valence-corrected chi connectivity index (χ1v) is 5.55. The molecule has 1 aromatic heterocycles. The van der Waals surface area contributed by atoms with Crippen molar-refractivity contribution in [3.63, 3.8) is 0 Å². The molecule has 4 heteroatoms. The number of hydrogen-bond donors (Lipinski definition) is 0. The summed E-state index contributed by atoms with van der Waals surface area (Å²) < 4.78 is 9.49. The summed E-state index contributed by atoms with van der Waals surface area (Å²) >= 11 is 1.29. The van der Waals surface area contributed by atoms with Crippen molar-refractivity contribution in [2.75, 3.05) is 6.61 Å². The van der Waals surface area contributed by atoms with Crippen LogP contribution in [-0.4, -0.2) is 22.9 Å². The monoisotopic (exact) mass is 211 g/mol. The Bertz CT molecular complexity index is 348. The lowest BCUT2D eigenvalue weighted by atomic mass is 9.96. The highest BCUT2D eigenvalue weighted by Crippen LogP contribution is 2.26. The molecule has 1 aliphatic heterocycles. The van der Waals surface area contributed by atoms with Crippen LogP contribution in [0.5, 0.6) is 0 Å². The van der Waals surface area contributed by atoms with Gasteiger partial charge in [-0.15, -0.1) is 0 Å². The lowest BCUT2D eigenvalue weighted by Gasteiger charge is -2.10. The summed E-state index contributed by atoms with van der Waals surface area (Å²) in [5, 5.41) is 0. The van der Waals surface area contributed by atoms with Gasteiger partial charge in [0, 0.05) is 6.61 Å². The van der Waals surface area contributed by atoms with Crippen LogP contribution in [0.4, 0.5) is 0 Å². The summed E-state index contributed by atoms with van der Waals surface area (Å²) in [5.41, 5.74) is 0.921. The zero-order valence-electron chi connectivity index (χ0n) is 8.32. The van der Waals surface area contributed by atoms with Crippen molar-refractivity contribution in [3.05, 3.63) is 16.6 Å². The van der Waals surface area contributed by atoms with Gasteiger partial charge in [0.15, 0.2) is 5.78 Å². The topological polar surface area (TPSA) is 39.2 Å². The molecule has 1 fully saturated rings. The molecule has 0 N–H and O–H groups in total. The van der Waals surface area contributed by atoms with E-state index in [9.17, 15) is 4.79 Å². The molecule has 0 spiro atoms. The number of ether oxygens (including phenoxy) is 1. The molecular weight excluding hydrogens is 198 g/mol. The van der Waals surface area contributed by atoms with E-state index < -0.39 is 0 Å². The van der Waals surface area contributed by atoms with Crippen LogP contribution in [0, 0.1) is 12.8 Å². The fourth-order valence-corrected chi connectivity index (χ4v) is 2.50. The zero-order chi connectivity index (χ0) is 10.1. The van der Waals surface area contributed by atoms with Gasteiger partial charge < -0.3 is 4.74 Å². The van der Waals surface area contributed by atoms with Crippen LogP contribution < -0.4 is 0 Å². The highest BCUT2D eigenvalue weighted by Gasteiger charge is 2.32. The number of aryl methyl sites for hydroxylation is 1. The van der Waals surface area contributed by atoms with Gasteiger partial charge in [-0.2, -0.15) is 4.37 Å². The average molecular weight is 211 g/mol. The zero-order valence-corrected chi connectivity index (χ0v) is 9.13. The summed E-state index contributed by atoms with van der Waals surface area (Å²) in [4.78, 5) is 12.7. The number of carbonyl (C=O) groups is 1. The van der Waals surface area contributed by atoms with Gasteiger partial charge in [-0.3, -0.25) is 4.79 Å². The Kier molecular flexibility index (Phi) is 2.65. The Morgan fingerprint density at radius 1 is 1.71 bits per heavy atom. The van der Waals surface area contributed by atoms with E-state index in [1.807, 2.05) is 19.9 Å². The highest BCUT2D eigenvalue weighted by atomic mass is 32.1. The Morgan fingerprint density at radius 2 is 2.50 bits per heavy atom. The van der Waals surface area contributed by atoms with Crippen molar-refractivity contribution in [2.45, 2.75) is 26.4 Å². The minimum Gasteiger partial charge on any atom is -0.378 e. The third-order valence-electron chi connectivity index (χ3n) is 2.58. The normalized spacial score (nSPS) is 26.7. The predicted molar refractivity (Wildman–Crippen MR) is 54.7 cm³/mol. The molecule has 3 nitrogen and oxygen atoms in total. The van der Waals surface area contributed by atoms with E-state index in [1.165, 1.54) is 11.5 Å². The van der Waals surface area contributed by atoms with Crippen molar-refractivity contribution in [3.8, 4) is 0 Å². The van der Waals surface area contributed by atoms with Gasteiger partial charge in [-0.05, 0) is 37.9 Å².